The van der Waals surface area contributed by atoms with Crippen LogP contribution in [0, 0.1) is 6.92 Å². The van der Waals surface area contributed by atoms with Crippen molar-refractivity contribution in [2.75, 3.05) is 0 Å². The molecule has 0 saturated heterocycles. The molecule has 2 aliphatic rings. The van der Waals surface area contributed by atoms with Crippen molar-refractivity contribution in [2.24, 2.45) is 0 Å². The highest BCUT2D eigenvalue weighted by Gasteiger charge is 2.51. The van der Waals surface area contributed by atoms with Gasteiger partial charge in [0.1, 0.15) is 0 Å². The predicted molar refractivity (Wildman–Crippen MR) is 133 cm³/mol. The van der Waals surface area contributed by atoms with Crippen molar-refractivity contribution >= 4 is 0 Å². The summed E-state index contributed by atoms with van der Waals surface area (Å²) < 4.78 is 0. The lowest BCUT2D eigenvalue weighted by molar-refractivity contribution is 0.793. The summed E-state index contributed by atoms with van der Waals surface area (Å²) in [6, 6.07) is 42.6. The van der Waals surface area contributed by atoms with Crippen molar-refractivity contribution < 1.29 is 0 Å². The van der Waals surface area contributed by atoms with Crippen LogP contribution in [0.25, 0.3) is 33.4 Å². The summed E-state index contributed by atoms with van der Waals surface area (Å²) in [5.74, 6) is 0. The third-order valence-corrected chi connectivity index (χ3v) is 7.43. The van der Waals surface area contributed by atoms with E-state index in [0.29, 0.717) is 0 Å². The van der Waals surface area contributed by atoms with Gasteiger partial charge in [-0.1, -0.05) is 109 Å². The van der Waals surface area contributed by atoms with Crippen molar-refractivity contribution in [1.29, 1.82) is 0 Å². The van der Waals surface area contributed by atoms with E-state index in [1.807, 2.05) is 0 Å². The Hall–Kier alpha value is -3.90. The van der Waals surface area contributed by atoms with Crippen molar-refractivity contribution in [2.45, 2.75) is 12.3 Å². The van der Waals surface area contributed by atoms with Gasteiger partial charge in [-0.25, -0.2) is 0 Å². The highest BCUT2D eigenvalue weighted by atomic mass is 14.5. The molecule has 0 aromatic heterocycles. The molecular formula is C32H22. The number of hydrogen-bond acceptors (Lipinski definition) is 0. The molecule has 0 radical (unpaired) electrons. The van der Waals surface area contributed by atoms with Crippen LogP contribution in [-0.2, 0) is 5.41 Å². The number of benzene rings is 5. The molecule has 5 aromatic rings. The van der Waals surface area contributed by atoms with Gasteiger partial charge in [0.2, 0.25) is 0 Å². The number of hydrogen-bond donors (Lipinski definition) is 0. The normalized spacial score (nSPS) is 14.0. The quantitative estimate of drug-likeness (QED) is 0.259. The van der Waals surface area contributed by atoms with E-state index in [-0.39, 0.29) is 5.41 Å². The second-order valence-electron chi connectivity index (χ2n) is 8.97. The molecule has 2 aliphatic carbocycles. The van der Waals surface area contributed by atoms with E-state index in [1.165, 1.54) is 61.2 Å². The Bertz CT molecular complexity index is 1480. The van der Waals surface area contributed by atoms with E-state index in [1.54, 1.807) is 0 Å². The number of fused-ring (bicyclic) bond motifs is 10. The first-order valence-corrected chi connectivity index (χ1v) is 11.3. The molecule has 0 unspecified atom stereocenters. The van der Waals surface area contributed by atoms with Gasteiger partial charge in [-0.05, 0) is 74.2 Å². The molecular weight excluding hydrogens is 384 g/mol. The van der Waals surface area contributed by atoms with E-state index < -0.39 is 0 Å². The average Bonchev–Trinajstić information content (AvgIpc) is 3.32. The van der Waals surface area contributed by atoms with Gasteiger partial charge in [-0.15, -0.1) is 0 Å². The SMILES string of the molecule is Cc1cccc2c1-c1ccc(-c3ccccc3)cc1C21c2ccccc2-c2ccccc21. The maximum atomic E-state index is 2.45. The van der Waals surface area contributed by atoms with Crippen LogP contribution < -0.4 is 0 Å². The monoisotopic (exact) mass is 406 g/mol. The Kier molecular flexibility index (Phi) is 3.50. The van der Waals surface area contributed by atoms with Gasteiger partial charge in [-0.3, -0.25) is 0 Å². The minimum absolute atomic E-state index is 0.269. The van der Waals surface area contributed by atoms with Gasteiger partial charge in [-0.2, -0.15) is 0 Å². The van der Waals surface area contributed by atoms with Gasteiger partial charge in [0.25, 0.3) is 0 Å². The first kappa shape index (κ1) is 17.7. The molecule has 5 aromatic carbocycles. The second-order valence-corrected chi connectivity index (χ2v) is 8.97. The summed E-state index contributed by atoms with van der Waals surface area (Å²) >= 11 is 0. The van der Waals surface area contributed by atoms with Crippen LogP contribution in [0.1, 0.15) is 27.8 Å². The topological polar surface area (TPSA) is 0 Å². The minimum Gasteiger partial charge on any atom is -0.0622 e. The Morgan fingerprint density at radius 3 is 1.78 bits per heavy atom. The molecule has 0 bridgehead atoms. The summed E-state index contributed by atoms with van der Waals surface area (Å²) in [4.78, 5) is 0. The van der Waals surface area contributed by atoms with Crippen LogP contribution in [0.3, 0.4) is 0 Å². The van der Waals surface area contributed by atoms with Gasteiger partial charge in [0.15, 0.2) is 0 Å². The van der Waals surface area contributed by atoms with Gasteiger partial charge in [0.05, 0.1) is 5.41 Å². The van der Waals surface area contributed by atoms with E-state index in [9.17, 15) is 0 Å². The van der Waals surface area contributed by atoms with Gasteiger partial charge >= 0.3 is 0 Å². The third kappa shape index (κ3) is 2.07. The lowest BCUT2D eigenvalue weighted by atomic mass is 9.70. The largest absolute Gasteiger partial charge is 0.0725 e. The molecule has 7 rings (SSSR count). The van der Waals surface area contributed by atoms with E-state index in [0.717, 1.165) is 0 Å². The van der Waals surface area contributed by atoms with Crippen molar-refractivity contribution in [1.82, 2.24) is 0 Å². The summed E-state index contributed by atoms with van der Waals surface area (Å²) in [5, 5.41) is 0. The molecule has 0 nitrogen and oxygen atoms in total. The smallest absolute Gasteiger partial charge is 0.0622 e. The predicted octanol–water partition coefficient (Wildman–Crippen LogP) is 8.01. The Labute approximate surface area is 188 Å². The summed E-state index contributed by atoms with van der Waals surface area (Å²) in [6.07, 6.45) is 0. The fourth-order valence-electron chi connectivity index (χ4n) is 6.18. The summed E-state index contributed by atoms with van der Waals surface area (Å²) in [7, 11) is 0. The Morgan fingerprint density at radius 2 is 1.06 bits per heavy atom. The lowest BCUT2D eigenvalue weighted by Gasteiger charge is -2.30. The number of rotatable bonds is 1. The van der Waals surface area contributed by atoms with E-state index in [2.05, 4.69) is 122 Å². The third-order valence-electron chi connectivity index (χ3n) is 7.43. The van der Waals surface area contributed by atoms with Crippen LogP contribution >= 0.6 is 0 Å². The summed E-state index contributed by atoms with van der Waals surface area (Å²) in [5.41, 5.74) is 14.7. The Balaban J connectivity index is 1.66. The van der Waals surface area contributed by atoms with Crippen molar-refractivity contribution in [3.05, 3.63) is 143 Å². The molecule has 0 N–H and O–H groups in total. The van der Waals surface area contributed by atoms with E-state index in [4.69, 9.17) is 0 Å². The molecule has 0 atom stereocenters. The molecule has 0 fully saturated rings. The highest BCUT2D eigenvalue weighted by Crippen LogP contribution is 2.63. The molecule has 0 heteroatoms. The zero-order chi connectivity index (χ0) is 21.3. The van der Waals surface area contributed by atoms with Crippen molar-refractivity contribution in [3.63, 3.8) is 0 Å². The fraction of sp³-hybridized carbons (Fsp3) is 0.0625. The highest BCUT2D eigenvalue weighted by molar-refractivity contribution is 5.96. The van der Waals surface area contributed by atoms with E-state index >= 15 is 0 Å². The molecule has 150 valence electrons. The van der Waals surface area contributed by atoms with Crippen LogP contribution in [0.4, 0.5) is 0 Å². The zero-order valence-corrected chi connectivity index (χ0v) is 18.0. The maximum absolute atomic E-state index is 2.45. The average molecular weight is 407 g/mol. The molecule has 32 heavy (non-hydrogen) atoms. The lowest BCUT2D eigenvalue weighted by Crippen LogP contribution is -2.25. The zero-order valence-electron chi connectivity index (χ0n) is 18.0. The van der Waals surface area contributed by atoms with Crippen LogP contribution in [0.2, 0.25) is 0 Å². The van der Waals surface area contributed by atoms with Crippen LogP contribution in [-0.4, -0.2) is 0 Å². The van der Waals surface area contributed by atoms with Crippen molar-refractivity contribution in [3.8, 4) is 33.4 Å². The first-order chi connectivity index (χ1) is 15.8. The molecule has 0 aliphatic heterocycles. The second kappa shape index (κ2) is 6.31. The molecule has 0 saturated carbocycles. The molecule has 0 amide bonds. The van der Waals surface area contributed by atoms with Crippen LogP contribution in [0.15, 0.2) is 115 Å². The minimum atomic E-state index is -0.269. The fourth-order valence-corrected chi connectivity index (χ4v) is 6.18. The standard InChI is InChI=1S/C32H22/c1-21-10-9-17-29-31(21)26-19-18-23(22-11-3-2-4-12-22)20-30(26)32(29)27-15-7-5-13-24(27)25-14-6-8-16-28(25)32/h2-20H,1H3. The molecule has 1 spiro atoms. The maximum Gasteiger partial charge on any atom is 0.0725 e. The molecule has 0 heterocycles. The summed E-state index contributed by atoms with van der Waals surface area (Å²) in [6.45, 7) is 2.25. The van der Waals surface area contributed by atoms with Gasteiger partial charge < -0.3 is 0 Å². The first-order valence-electron chi connectivity index (χ1n) is 11.3. The number of aryl methyl sites for hydroxylation is 1. The van der Waals surface area contributed by atoms with Gasteiger partial charge in [0, 0.05) is 0 Å². The Morgan fingerprint density at radius 1 is 0.438 bits per heavy atom. The van der Waals surface area contributed by atoms with Crippen LogP contribution in [0.5, 0.6) is 0 Å².